The van der Waals surface area contributed by atoms with Crippen LogP contribution in [-0.2, 0) is 7.05 Å². The van der Waals surface area contributed by atoms with Crippen molar-refractivity contribution in [2.45, 2.75) is 58.0 Å². The molecule has 7 nitrogen and oxygen atoms in total. The summed E-state index contributed by atoms with van der Waals surface area (Å²) in [6, 6.07) is 1.06. The minimum atomic E-state index is 0.325. The molecule has 0 amide bonds. The van der Waals surface area contributed by atoms with Crippen molar-refractivity contribution in [1.82, 2.24) is 24.6 Å². The van der Waals surface area contributed by atoms with Crippen LogP contribution in [0.2, 0.25) is 0 Å². The maximum atomic E-state index is 4.85. The molecule has 2 aliphatic rings. The van der Waals surface area contributed by atoms with Crippen LogP contribution < -0.4 is 10.2 Å². The topological polar surface area (TPSA) is 62.1 Å². The first-order valence-electron chi connectivity index (χ1n) is 10.1. The molecule has 1 N–H and O–H groups in total. The van der Waals surface area contributed by atoms with Gasteiger partial charge in [-0.05, 0) is 52.6 Å². The Morgan fingerprint density at radius 3 is 2.46 bits per heavy atom. The first-order valence-corrected chi connectivity index (χ1v) is 10.1. The van der Waals surface area contributed by atoms with Gasteiger partial charge in [-0.2, -0.15) is 15.1 Å². The predicted octanol–water partition coefficient (Wildman–Crippen LogP) is 2.64. The predicted molar refractivity (Wildman–Crippen MR) is 106 cm³/mol. The molecule has 0 radical (unpaired) electrons. The summed E-state index contributed by atoms with van der Waals surface area (Å²) in [4.78, 5) is 14.7. The molecule has 0 aromatic carbocycles. The maximum Gasteiger partial charge on any atom is 0.229 e. The van der Waals surface area contributed by atoms with Crippen LogP contribution in [0.5, 0.6) is 0 Å². The minimum absolute atomic E-state index is 0.325. The fraction of sp³-hybridized carbons (Fsp3) is 0.737. The molecule has 2 aromatic rings. The standard InChI is InChI=1S/C19H31N7/c1-14(2)21-17-16-13-20-24(3)18(16)23-19(22-17)26-11-7-15(8-12-26)25-9-5-4-6-10-25/h13-15H,4-12H2,1-3H3,(H,21,22,23). The summed E-state index contributed by atoms with van der Waals surface area (Å²) < 4.78 is 1.84. The van der Waals surface area contributed by atoms with Crippen LogP contribution >= 0.6 is 0 Å². The monoisotopic (exact) mass is 357 g/mol. The smallest absolute Gasteiger partial charge is 0.229 e. The van der Waals surface area contributed by atoms with Crippen molar-refractivity contribution in [1.29, 1.82) is 0 Å². The molecule has 0 spiro atoms. The summed E-state index contributed by atoms with van der Waals surface area (Å²) in [6.45, 7) is 8.90. The average Bonchev–Trinajstić information content (AvgIpc) is 3.03. The second-order valence-electron chi connectivity index (χ2n) is 7.99. The average molecular weight is 358 g/mol. The van der Waals surface area contributed by atoms with Crippen molar-refractivity contribution < 1.29 is 0 Å². The van der Waals surface area contributed by atoms with Gasteiger partial charge in [-0.25, -0.2) is 0 Å². The molecular weight excluding hydrogens is 326 g/mol. The van der Waals surface area contributed by atoms with Gasteiger partial charge >= 0.3 is 0 Å². The molecule has 142 valence electrons. The highest BCUT2D eigenvalue weighted by Crippen LogP contribution is 2.27. The Balaban J connectivity index is 1.52. The zero-order valence-electron chi connectivity index (χ0n) is 16.3. The molecule has 26 heavy (non-hydrogen) atoms. The van der Waals surface area contributed by atoms with Crippen molar-refractivity contribution in [3.8, 4) is 0 Å². The summed E-state index contributed by atoms with van der Waals surface area (Å²) in [7, 11) is 1.95. The number of hydrogen-bond acceptors (Lipinski definition) is 6. The number of rotatable bonds is 4. The Hall–Kier alpha value is -1.89. The van der Waals surface area contributed by atoms with E-state index >= 15 is 0 Å². The summed E-state index contributed by atoms with van der Waals surface area (Å²) in [5.74, 6) is 1.73. The third-order valence-corrected chi connectivity index (χ3v) is 5.66. The quantitative estimate of drug-likeness (QED) is 0.908. The Morgan fingerprint density at radius 1 is 1.04 bits per heavy atom. The van der Waals surface area contributed by atoms with E-state index in [4.69, 9.17) is 9.97 Å². The molecule has 4 heterocycles. The molecule has 0 saturated carbocycles. The van der Waals surface area contributed by atoms with Gasteiger partial charge in [0, 0.05) is 32.2 Å². The summed E-state index contributed by atoms with van der Waals surface area (Å²) in [5, 5.41) is 8.83. The van der Waals surface area contributed by atoms with Crippen LogP contribution in [0.1, 0.15) is 46.0 Å². The van der Waals surface area contributed by atoms with E-state index in [-0.39, 0.29) is 0 Å². The van der Waals surface area contributed by atoms with E-state index in [2.05, 4.69) is 34.1 Å². The molecule has 4 rings (SSSR count). The first kappa shape index (κ1) is 17.5. The Kier molecular flexibility index (Phi) is 4.98. The van der Waals surface area contributed by atoms with E-state index in [0.29, 0.717) is 6.04 Å². The fourth-order valence-electron chi connectivity index (χ4n) is 4.25. The Morgan fingerprint density at radius 2 is 1.77 bits per heavy atom. The molecule has 2 aliphatic heterocycles. The number of hydrogen-bond donors (Lipinski definition) is 1. The van der Waals surface area contributed by atoms with E-state index < -0.39 is 0 Å². The molecule has 2 aromatic heterocycles. The highest BCUT2D eigenvalue weighted by Gasteiger charge is 2.27. The van der Waals surface area contributed by atoms with E-state index in [1.165, 1.54) is 45.2 Å². The van der Waals surface area contributed by atoms with Crippen molar-refractivity contribution in [2.24, 2.45) is 7.05 Å². The zero-order chi connectivity index (χ0) is 18.1. The molecule has 0 unspecified atom stereocenters. The zero-order valence-corrected chi connectivity index (χ0v) is 16.3. The molecule has 0 aliphatic carbocycles. The van der Waals surface area contributed by atoms with E-state index in [0.717, 1.165) is 41.9 Å². The van der Waals surface area contributed by atoms with Gasteiger partial charge in [0.1, 0.15) is 5.82 Å². The number of piperidine rings is 2. The Bertz CT molecular complexity index is 740. The molecule has 0 atom stereocenters. The lowest BCUT2D eigenvalue weighted by Crippen LogP contribution is -2.47. The molecule has 7 heteroatoms. The second kappa shape index (κ2) is 7.39. The third-order valence-electron chi connectivity index (χ3n) is 5.66. The lowest BCUT2D eigenvalue weighted by molar-refractivity contribution is 0.141. The molecule has 0 bridgehead atoms. The van der Waals surface area contributed by atoms with Gasteiger partial charge in [-0.1, -0.05) is 6.42 Å². The van der Waals surface area contributed by atoms with E-state index in [9.17, 15) is 0 Å². The van der Waals surface area contributed by atoms with Crippen molar-refractivity contribution in [3.05, 3.63) is 6.20 Å². The molecular formula is C19H31N7. The molecule has 2 fully saturated rings. The lowest BCUT2D eigenvalue weighted by atomic mass is 10.0. The lowest BCUT2D eigenvalue weighted by Gasteiger charge is -2.40. The largest absolute Gasteiger partial charge is 0.367 e. The maximum absolute atomic E-state index is 4.85. The number of aryl methyl sites for hydroxylation is 1. The SMILES string of the molecule is CC(C)Nc1nc(N2CCC(N3CCCCC3)CC2)nc2c1cnn2C. The van der Waals surface area contributed by atoms with E-state index in [1.54, 1.807) is 0 Å². The van der Waals surface area contributed by atoms with Gasteiger partial charge < -0.3 is 15.1 Å². The number of fused-ring (bicyclic) bond motifs is 1. The van der Waals surface area contributed by atoms with Crippen LogP contribution in [0, 0.1) is 0 Å². The normalized spacial score (nSPS) is 20.2. The third kappa shape index (κ3) is 3.49. The van der Waals surface area contributed by atoms with Gasteiger partial charge in [0.15, 0.2) is 5.65 Å². The minimum Gasteiger partial charge on any atom is -0.367 e. The van der Waals surface area contributed by atoms with Gasteiger partial charge in [-0.15, -0.1) is 0 Å². The van der Waals surface area contributed by atoms with Gasteiger partial charge in [0.2, 0.25) is 5.95 Å². The number of likely N-dealkylation sites (tertiary alicyclic amines) is 1. The number of nitrogens with one attached hydrogen (secondary N) is 1. The number of nitrogens with zero attached hydrogens (tertiary/aromatic N) is 6. The summed E-state index contributed by atoms with van der Waals surface area (Å²) >= 11 is 0. The summed E-state index contributed by atoms with van der Waals surface area (Å²) in [5.41, 5.74) is 0.899. The highest BCUT2D eigenvalue weighted by atomic mass is 15.3. The van der Waals surface area contributed by atoms with Crippen molar-refractivity contribution in [2.75, 3.05) is 36.4 Å². The van der Waals surface area contributed by atoms with Crippen LogP contribution in [-0.4, -0.2) is 62.9 Å². The fourth-order valence-corrected chi connectivity index (χ4v) is 4.25. The van der Waals surface area contributed by atoms with Crippen LogP contribution in [0.4, 0.5) is 11.8 Å². The first-order chi connectivity index (χ1) is 12.6. The van der Waals surface area contributed by atoms with Crippen LogP contribution in [0.3, 0.4) is 0 Å². The van der Waals surface area contributed by atoms with E-state index in [1.807, 2.05) is 17.9 Å². The van der Waals surface area contributed by atoms with Crippen LogP contribution in [0.25, 0.3) is 11.0 Å². The van der Waals surface area contributed by atoms with Gasteiger partial charge in [0.25, 0.3) is 0 Å². The van der Waals surface area contributed by atoms with Crippen molar-refractivity contribution in [3.63, 3.8) is 0 Å². The summed E-state index contributed by atoms with van der Waals surface area (Å²) in [6.07, 6.45) is 8.40. The highest BCUT2D eigenvalue weighted by molar-refractivity contribution is 5.87. The number of aromatic nitrogens is 4. The van der Waals surface area contributed by atoms with Gasteiger partial charge in [0.05, 0.1) is 11.6 Å². The van der Waals surface area contributed by atoms with Gasteiger partial charge in [-0.3, -0.25) is 4.68 Å². The molecule has 2 saturated heterocycles. The van der Waals surface area contributed by atoms with Crippen molar-refractivity contribution >= 4 is 22.8 Å². The Labute approximate surface area is 155 Å². The van der Waals surface area contributed by atoms with Crippen LogP contribution in [0.15, 0.2) is 6.20 Å². The number of anilines is 2. The second-order valence-corrected chi connectivity index (χ2v) is 7.99.